The average Bonchev–Trinajstić information content (AvgIpc) is 2.36. The highest BCUT2D eigenvalue weighted by atomic mass is 35.5. The first-order chi connectivity index (χ1) is 8.74. The number of nitrogens with one attached hydrogen (secondary N) is 1. The summed E-state index contributed by atoms with van der Waals surface area (Å²) in [5.74, 6) is 0.670. The Morgan fingerprint density at radius 1 is 1.11 bits per heavy atom. The molecule has 0 aliphatic heterocycles. The van der Waals surface area contributed by atoms with E-state index in [-0.39, 0.29) is 0 Å². The van der Waals surface area contributed by atoms with E-state index in [9.17, 15) is 0 Å². The summed E-state index contributed by atoms with van der Waals surface area (Å²) in [6.45, 7) is 5.03. The van der Waals surface area contributed by atoms with Crippen LogP contribution in [0.3, 0.4) is 0 Å². The largest absolute Gasteiger partial charge is 0.492 e. The maximum absolute atomic E-state index is 6.00. The summed E-state index contributed by atoms with van der Waals surface area (Å²) in [6, 6.07) is 5.27. The van der Waals surface area contributed by atoms with Gasteiger partial charge in [0.05, 0.1) is 11.6 Å². The first kappa shape index (κ1) is 15.6. The molecule has 1 aromatic rings. The van der Waals surface area contributed by atoms with E-state index < -0.39 is 0 Å². The molecule has 18 heavy (non-hydrogen) atoms. The van der Waals surface area contributed by atoms with Crippen LogP contribution in [0.1, 0.15) is 32.6 Å². The molecule has 2 nitrogen and oxygen atoms in total. The van der Waals surface area contributed by atoms with Crippen molar-refractivity contribution < 1.29 is 4.74 Å². The molecule has 0 saturated carbocycles. The summed E-state index contributed by atoms with van der Waals surface area (Å²) < 4.78 is 5.60. The molecule has 0 unspecified atom stereocenters. The molecule has 0 radical (unpaired) electrons. The summed E-state index contributed by atoms with van der Waals surface area (Å²) in [4.78, 5) is 0. The van der Waals surface area contributed by atoms with Gasteiger partial charge in [-0.3, -0.25) is 0 Å². The van der Waals surface area contributed by atoms with Crippen LogP contribution in [0.25, 0.3) is 0 Å². The fraction of sp³-hybridized carbons (Fsp3) is 0.571. The molecule has 1 rings (SSSR count). The number of hydrogen-bond acceptors (Lipinski definition) is 2. The monoisotopic (exact) mass is 289 g/mol. The van der Waals surface area contributed by atoms with Crippen molar-refractivity contribution in [3.05, 3.63) is 28.2 Å². The van der Waals surface area contributed by atoms with Crippen LogP contribution in [-0.4, -0.2) is 19.7 Å². The van der Waals surface area contributed by atoms with Gasteiger partial charge in [0.15, 0.2) is 0 Å². The lowest BCUT2D eigenvalue weighted by atomic mass is 10.3. The lowest BCUT2D eigenvalue weighted by molar-refractivity contribution is 0.306. The Morgan fingerprint density at radius 3 is 2.67 bits per heavy atom. The molecular formula is C14H21Cl2NO. The van der Waals surface area contributed by atoms with Gasteiger partial charge in [0, 0.05) is 11.1 Å². The van der Waals surface area contributed by atoms with Gasteiger partial charge >= 0.3 is 0 Å². The first-order valence-corrected chi connectivity index (χ1v) is 7.28. The highest BCUT2D eigenvalue weighted by Gasteiger charge is 2.01. The van der Waals surface area contributed by atoms with Crippen molar-refractivity contribution in [1.82, 2.24) is 5.32 Å². The lowest BCUT2D eigenvalue weighted by Crippen LogP contribution is -2.17. The van der Waals surface area contributed by atoms with Crippen LogP contribution in [0.5, 0.6) is 5.75 Å². The second-order valence-corrected chi connectivity index (χ2v) is 5.08. The zero-order valence-corrected chi connectivity index (χ0v) is 12.4. The van der Waals surface area contributed by atoms with E-state index in [2.05, 4.69) is 12.2 Å². The Hall–Kier alpha value is -0.440. The molecule has 0 amide bonds. The van der Waals surface area contributed by atoms with E-state index in [0.29, 0.717) is 22.4 Å². The van der Waals surface area contributed by atoms with Gasteiger partial charge in [-0.1, -0.05) is 36.5 Å². The van der Waals surface area contributed by atoms with Crippen molar-refractivity contribution in [2.24, 2.45) is 0 Å². The third-order valence-electron chi connectivity index (χ3n) is 2.61. The normalized spacial score (nSPS) is 10.6. The standard InChI is InChI=1S/C14H21Cl2NO/c1-2-3-8-17-9-4-5-10-18-14-11-12(15)6-7-13(14)16/h6-7,11,17H,2-5,8-10H2,1H3. The zero-order chi connectivity index (χ0) is 13.2. The van der Waals surface area contributed by atoms with Gasteiger partial charge in [0.1, 0.15) is 5.75 Å². The van der Waals surface area contributed by atoms with E-state index in [0.717, 1.165) is 25.9 Å². The predicted molar refractivity (Wildman–Crippen MR) is 79.0 cm³/mol. The van der Waals surface area contributed by atoms with Crippen molar-refractivity contribution in [2.75, 3.05) is 19.7 Å². The van der Waals surface area contributed by atoms with Crippen LogP contribution in [0.4, 0.5) is 0 Å². The molecule has 0 aromatic heterocycles. The topological polar surface area (TPSA) is 21.3 Å². The third-order valence-corrected chi connectivity index (χ3v) is 3.15. The van der Waals surface area contributed by atoms with E-state index in [4.69, 9.17) is 27.9 Å². The molecule has 4 heteroatoms. The third kappa shape index (κ3) is 6.48. The van der Waals surface area contributed by atoms with Gasteiger partial charge in [0.2, 0.25) is 0 Å². The van der Waals surface area contributed by atoms with Crippen LogP contribution in [0.2, 0.25) is 10.0 Å². The van der Waals surface area contributed by atoms with Crippen molar-refractivity contribution in [3.8, 4) is 5.75 Å². The fourth-order valence-electron chi connectivity index (χ4n) is 1.55. The van der Waals surface area contributed by atoms with Crippen molar-refractivity contribution in [1.29, 1.82) is 0 Å². The lowest BCUT2D eigenvalue weighted by Gasteiger charge is -2.08. The van der Waals surface area contributed by atoms with Crippen molar-refractivity contribution in [2.45, 2.75) is 32.6 Å². The molecule has 0 aliphatic carbocycles. The number of unbranched alkanes of at least 4 members (excludes halogenated alkanes) is 2. The Kier molecular flexibility index (Phi) is 8.23. The van der Waals surface area contributed by atoms with Crippen LogP contribution < -0.4 is 10.1 Å². The summed E-state index contributed by atoms with van der Waals surface area (Å²) in [5.41, 5.74) is 0. The van der Waals surface area contributed by atoms with Crippen molar-refractivity contribution in [3.63, 3.8) is 0 Å². The van der Waals surface area contributed by atoms with Gasteiger partial charge in [-0.15, -0.1) is 0 Å². The van der Waals surface area contributed by atoms with Gasteiger partial charge in [-0.05, 0) is 44.5 Å². The molecule has 0 atom stereocenters. The molecule has 0 aliphatic rings. The SMILES string of the molecule is CCCCNCCCCOc1cc(Cl)ccc1Cl. The summed E-state index contributed by atoms with van der Waals surface area (Å²) in [6.07, 6.45) is 4.61. The van der Waals surface area contributed by atoms with E-state index in [1.165, 1.54) is 12.8 Å². The number of ether oxygens (including phenoxy) is 1. The fourth-order valence-corrected chi connectivity index (χ4v) is 1.88. The Labute approximate surface area is 120 Å². The Morgan fingerprint density at radius 2 is 1.89 bits per heavy atom. The maximum Gasteiger partial charge on any atom is 0.139 e. The van der Waals surface area contributed by atoms with Crippen LogP contribution in [0, 0.1) is 0 Å². The van der Waals surface area contributed by atoms with Gasteiger partial charge < -0.3 is 10.1 Å². The van der Waals surface area contributed by atoms with Gasteiger partial charge in [-0.25, -0.2) is 0 Å². The van der Waals surface area contributed by atoms with Crippen LogP contribution in [0.15, 0.2) is 18.2 Å². The van der Waals surface area contributed by atoms with Crippen LogP contribution >= 0.6 is 23.2 Å². The quantitative estimate of drug-likeness (QED) is 0.674. The van der Waals surface area contributed by atoms with Gasteiger partial charge in [-0.2, -0.15) is 0 Å². The van der Waals surface area contributed by atoms with E-state index in [1.807, 2.05) is 0 Å². The summed E-state index contributed by atoms with van der Waals surface area (Å²) in [7, 11) is 0. The zero-order valence-electron chi connectivity index (χ0n) is 10.8. The smallest absolute Gasteiger partial charge is 0.139 e. The number of halogens is 2. The number of hydrogen-bond donors (Lipinski definition) is 1. The van der Waals surface area contributed by atoms with Crippen LogP contribution in [-0.2, 0) is 0 Å². The molecule has 0 saturated heterocycles. The van der Waals surface area contributed by atoms with Crippen molar-refractivity contribution >= 4 is 23.2 Å². The molecule has 0 fully saturated rings. The molecule has 102 valence electrons. The maximum atomic E-state index is 6.00. The average molecular weight is 290 g/mol. The number of benzene rings is 1. The molecular weight excluding hydrogens is 269 g/mol. The highest BCUT2D eigenvalue weighted by molar-refractivity contribution is 6.34. The Balaban J connectivity index is 2.09. The number of rotatable bonds is 9. The highest BCUT2D eigenvalue weighted by Crippen LogP contribution is 2.27. The minimum atomic E-state index is 0.612. The Bertz CT molecular complexity index is 345. The summed E-state index contributed by atoms with van der Waals surface area (Å²) >= 11 is 11.9. The van der Waals surface area contributed by atoms with E-state index in [1.54, 1.807) is 18.2 Å². The summed E-state index contributed by atoms with van der Waals surface area (Å²) in [5, 5.41) is 4.66. The molecule has 0 heterocycles. The minimum Gasteiger partial charge on any atom is -0.492 e. The second kappa shape index (κ2) is 9.48. The van der Waals surface area contributed by atoms with E-state index >= 15 is 0 Å². The minimum absolute atomic E-state index is 0.612. The first-order valence-electron chi connectivity index (χ1n) is 6.52. The van der Waals surface area contributed by atoms with Gasteiger partial charge in [0.25, 0.3) is 0 Å². The molecule has 1 aromatic carbocycles. The second-order valence-electron chi connectivity index (χ2n) is 4.23. The predicted octanol–water partition coefficient (Wildman–Crippen LogP) is 4.54. The molecule has 0 spiro atoms. The molecule has 0 bridgehead atoms. The molecule has 1 N–H and O–H groups in total.